The molecule has 2 saturated heterocycles. The Hall–Kier alpha value is -3.56. The van der Waals surface area contributed by atoms with Crippen LogP contribution in [0.5, 0.6) is 5.88 Å². The summed E-state index contributed by atoms with van der Waals surface area (Å²) < 4.78 is 44.5. The number of rotatable bonds is 4. The minimum absolute atomic E-state index is 0.116. The molecule has 1 amide bonds. The number of hydrogen-bond donors (Lipinski definition) is 0. The molecule has 5 heterocycles. The van der Waals surface area contributed by atoms with Crippen molar-refractivity contribution < 1.29 is 22.7 Å². The molecule has 0 unspecified atom stereocenters. The number of hydrogen-bond acceptors (Lipinski definition) is 6. The van der Waals surface area contributed by atoms with Crippen molar-refractivity contribution in [3.8, 4) is 17.3 Å². The molecule has 0 N–H and O–H groups in total. The first-order valence-corrected chi connectivity index (χ1v) is 11.1. The van der Waals surface area contributed by atoms with Crippen molar-refractivity contribution in [1.29, 1.82) is 0 Å². The molecule has 1 saturated carbocycles. The molecule has 2 bridgehead atoms. The molecule has 0 aromatic carbocycles. The Morgan fingerprint density at radius 2 is 1.88 bits per heavy atom. The maximum atomic E-state index is 13.7. The molecule has 7 nitrogen and oxygen atoms in total. The Labute approximate surface area is 194 Å². The quantitative estimate of drug-likeness (QED) is 0.566. The molecule has 2 aliphatic heterocycles. The number of aryl methyl sites for hydroxylation is 1. The summed E-state index contributed by atoms with van der Waals surface area (Å²) in [4.78, 5) is 32.4. The zero-order valence-corrected chi connectivity index (χ0v) is 18.4. The second-order valence-corrected chi connectivity index (χ2v) is 8.66. The van der Waals surface area contributed by atoms with Gasteiger partial charge in [0.1, 0.15) is 11.8 Å². The lowest BCUT2D eigenvalue weighted by Gasteiger charge is -2.49. The standard InChI is InChI=1S/C24H22F3N5O2/c1-14-3-6-17(22-28-9-2-10-29-22)21(31-14)23(33)32-13-15-4-7-18(32)19(11-15)34-20-8-5-16(12-30-20)24(25,26)27/h2-3,5-6,8-10,12,15,18-19H,4,7,11,13H2,1H3/t15-,18-,19+/m0/s1. The maximum Gasteiger partial charge on any atom is 0.417 e. The largest absolute Gasteiger partial charge is 0.472 e. The Morgan fingerprint density at radius 1 is 1.09 bits per heavy atom. The predicted octanol–water partition coefficient (Wildman–Crippen LogP) is 4.33. The SMILES string of the molecule is Cc1ccc(-c2ncccn2)c(C(=O)N2C[C@H]3CC[C@H]2[C@H](Oc2ccc(C(F)(F)F)cn2)C3)n1. The number of piperidine rings is 2. The zero-order chi connectivity index (χ0) is 23.9. The van der Waals surface area contributed by atoms with Gasteiger partial charge < -0.3 is 9.64 Å². The number of carbonyl (C=O) groups excluding carboxylic acids is 1. The molecule has 0 radical (unpaired) electrons. The van der Waals surface area contributed by atoms with Crippen molar-refractivity contribution >= 4 is 5.91 Å². The van der Waals surface area contributed by atoms with Crippen LogP contribution in [0.25, 0.3) is 11.4 Å². The Bertz CT molecular complexity index is 1190. The normalized spacial score (nSPS) is 22.0. The number of alkyl halides is 3. The molecule has 3 aromatic heterocycles. The number of carbonyl (C=O) groups is 1. The van der Waals surface area contributed by atoms with E-state index in [1.54, 1.807) is 29.4 Å². The van der Waals surface area contributed by atoms with Crippen LogP contribution in [-0.2, 0) is 6.18 Å². The highest BCUT2D eigenvalue weighted by atomic mass is 19.4. The van der Waals surface area contributed by atoms with Crippen LogP contribution in [0.15, 0.2) is 48.9 Å². The van der Waals surface area contributed by atoms with Crippen molar-refractivity contribution in [1.82, 2.24) is 24.8 Å². The van der Waals surface area contributed by atoms with E-state index in [0.717, 1.165) is 25.1 Å². The van der Waals surface area contributed by atoms with Crippen molar-refractivity contribution in [2.24, 2.45) is 5.92 Å². The number of ether oxygens (including phenoxy) is 1. The van der Waals surface area contributed by atoms with E-state index in [1.807, 2.05) is 13.0 Å². The lowest BCUT2D eigenvalue weighted by molar-refractivity contribution is -0.137. The number of nitrogens with zero attached hydrogens (tertiary/aromatic N) is 5. The summed E-state index contributed by atoms with van der Waals surface area (Å²) in [5, 5.41) is 0. The average Bonchev–Trinajstić information content (AvgIpc) is 2.84. The van der Waals surface area contributed by atoms with E-state index >= 15 is 0 Å². The van der Waals surface area contributed by atoms with Gasteiger partial charge in [0.15, 0.2) is 5.82 Å². The lowest BCUT2D eigenvalue weighted by atomic mass is 9.77. The van der Waals surface area contributed by atoms with E-state index in [-0.39, 0.29) is 35.5 Å². The maximum absolute atomic E-state index is 13.7. The molecule has 34 heavy (non-hydrogen) atoms. The van der Waals surface area contributed by atoms with Crippen LogP contribution in [-0.4, -0.2) is 49.4 Å². The van der Waals surface area contributed by atoms with Gasteiger partial charge in [-0.05, 0) is 56.4 Å². The summed E-state index contributed by atoms with van der Waals surface area (Å²) in [5.74, 6) is 0.538. The monoisotopic (exact) mass is 469 g/mol. The van der Waals surface area contributed by atoms with Gasteiger partial charge in [-0.15, -0.1) is 0 Å². The third-order valence-corrected chi connectivity index (χ3v) is 6.36. The molecule has 6 rings (SSSR count). The fourth-order valence-corrected chi connectivity index (χ4v) is 4.74. The van der Waals surface area contributed by atoms with E-state index in [1.165, 1.54) is 6.07 Å². The van der Waals surface area contributed by atoms with E-state index < -0.39 is 11.7 Å². The van der Waals surface area contributed by atoms with Gasteiger partial charge in [-0.1, -0.05) is 0 Å². The first-order chi connectivity index (χ1) is 16.3. The van der Waals surface area contributed by atoms with Crippen molar-refractivity contribution in [2.45, 2.75) is 44.5 Å². The highest BCUT2D eigenvalue weighted by Crippen LogP contribution is 2.38. The predicted molar refractivity (Wildman–Crippen MR) is 116 cm³/mol. The molecule has 1 aliphatic carbocycles. The number of amides is 1. The minimum Gasteiger partial charge on any atom is -0.472 e. The van der Waals surface area contributed by atoms with Crippen LogP contribution in [0.2, 0.25) is 0 Å². The highest BCUT2D eigenvalue weighted by Gasteiger charge is 2.45. The smallest absolute Gasteiger partial charge is 0.417 e. The van der Waals surface area contributed by atoms with Gasteiger partial charge in [-0.2, -0.15) is 13.2 Å². The van der Waals surface area contributed by atoms with E-state index in [9.17, 15) is 18.0 Å². The van der Waals surface area contributed by atoms with Crippen LogP contribution >= 0.6 is 0 Å². The summed E-state index contributed by atoms with van der Waals surface area (Å²) in [6.07, 6.45) is 1.59. The fraction of sp³-hybridized carbons (Fsp3) is 0.375. The third kappa shape index (κ3) is 4.32. The highest BCUT2D eigenvalue weighted by molar-refractivity contribution is 5.98. The Morgan fingerprint density at radius 3 is 2.56 bits per heavy atom. The van der Waals surface area contributed by atoms with Crippen LogP contribution in [0.1, 0.15) is 41.0 Å². The van der Waals surface area contributed by atoms with Crippen molar-refractivity contribution in [3.63, 3.8) is 0 Å². The molecule has 3 aliphatic rings. The lowest BCUT2D eigenvalue weighted by Crippen LogP contribution is -2.59. The van der Waals surface area contributed by atoms with E-state index in [4.69, 9.17) is 4.74 Å². The molecule has 3 aromatic rings. The van der Waals surface area contributed by atoms with Gasteiger partial charge in [0.05, 0.1) is 17.2 Å². The van der Waals surface area contributed by atoms with Gasteiger partial charge >= 0.3 is 6.18 Å². The van der Waals surface area contributed by atoms with Crippen LogP contribution in [0.4, 0.5) is 13.2 Å². The van der Waals surface area contributed by atoms with Crippen LogP contribution in [0.3, 0.4) is 0 Å². The molecule has 3 fully saturated rings. The first kappa shape index (κ1) is 22.2. The first-order valence-electron chi connectivity index (χ1n) is 11.1. The van der Waals surface area contributed by atoms with Gasteiger partial charge in [-0.25, -0.2) is 19.9 Å². The van der Waals surface area contributed by atoms with E-state index in [2.05, 4.69) is 19.9 Å². The molecule has 10 heteroatoms. The second-order valence-electron chi connectivity index (χ2n) is 8.66. The summed E-state index contributed by atoms with van der Waals surface area (Å²) in [7, 11) is 0. The topological polar surface area (TPSA) is 81.1 Å². The second kappa shape index (κ2) is 8.66. The fourth-order valence-electron chi connectivity index (χ4n) is 4.74. The number of halogens is 3. The van der Waals surface area contributed by atoms with Gasteiger partial charge in [-0.3, -0.25) is 4.79 Å². The van der Waals surface area contributed by atoms with Gasteiger partial charge in [0.2, 0.25) is 5.88 Å². The summed E-state index contributed by atoms with van der Waals surface area (Å²) in [6, 6.07) is 7.26. The molecular formula is C24H22F3N5O2. The number of aromatic nitrogens is 4. The number of fused-ring (bicyclic) bond motifs is 3. The van der Waals surface area contributed by atoms with Crippen LogP contribution < -0.4 is 4.74 Å². The Kier molecular flexibility index (Phi) is 5.66. The zero-order valence-electron chi connectivity index (χ0n) is 18.4. The Balaban J connectivity index is 1.40. The van der Waals surface area contributed by atoms with E-state index in [0.29, 0.717) is 30.0 Å². The summed E-state index contributed by atoms with van der Waals surface area (Å²) in [5.41, 5.74) is 0.708. The van der Waals surface area contributed by atoms with Crippen molar-refractivity contribution in [3.05, 3.63) is 65.9 Å². The molecule has 176 valence electrons. The summed E-state index contributed by atoms with van der Waals surface area (Å²) in [6.45, 7) is 2.39. The van der Waals surface area contributed by atoms with Crippen molar-refractivity contribution in [2.75, 3.05) is 6.54 Å². The molecule has 3 atom stereocenters. The van der Waals surface area contributed by atoms with Gasteiger partial charge in [0.25, 0.3) is 5.91 Å². The average molecular weight is 469 g/mol. The van der Waals surface area contributed by atoms with Crippen LogP contribution in [0, 0.1) is 12.8 Å². The molecular weight excluding hydrogens is 447 g/mol. The molecule has 0 spiro atoms. The third-order valence-electron chi connectivity index (χ3n) is 6.36. The minimum atomic E-state index is -4.46. The number of pyridine rings is 2. The van der Waals surface area contributed by atoms with Gasteiger partial charge in [0, 0.05) is 36.9 Å². The summed E-state index contributed by atoms with van der Waals surface area (Å²) >= 11 is 0.